The average Bonchev–Trinajstić information content (AvgIpc) is 2.66. The summed E-state index contributed by atoms with van der Waals surface area (Å²) in [5.41, 5.74) is 3.02. The second-order valence-electron chi connectivity index (χ2n) is 6.08. The molecular weight excluding hydrogens is 308 g/mol. The molecule has 0 saturated heterocycles. The molecule has 1 aromatic heterocycles. The number of carbonyl (C=O) groups is 1. The highest BCUT2D eigenvalue weighted by atomic mass is 16.1. The minimum Gasteiger partial charge on any atom is -0.352 e. The van der Waals surface area contributed by atoms with Crippen LogP contribution in [-0.2, 0) is 17.8 Å². The Labute approximate surface area is 146 Å². The molecule has 0 saturated carbocycles. The lowest BCUT2D eigenvalue weighted by molar-refractivity contribution is -0.120. The molecule has 1 amide bonds. The largest absolute Gasteiger partial charge is 0.352 e. The number of hydrogen-bond acceptors (Lipinski definition) is 2. The molecular formula is C22H18N2O. The van der Waals surface area contributed by atoms with Gasteiger partial charge in [0.05, 0.1) is 11.9 Å². The number of amides is 1. The van der Waals surface area contributed by atoms with Gasteiger partial charge in [-0.3, -0.25) is 9.78 Å². The Morgan fingerprint density at radius 3 is 2.44 bits per heavy atom. The number of nitrogens with one attached hydrogen (secondary N) is 1. The first-order valence-corrected chi connectivity index (χ1v) is 8.37. The van der Waals surface area contributed by atoms with Crippen molar-refractivity contribution in [2.24, 2.45) is 0 Å². The first-order valence-electron chi connectivity index (χ1n) is 8.37. The number of rotatable bonds is 4. The molecule has 1 heterocycles. The van der Waals surface area contributed by atoms with E-state index < -0.39 is 0 Å². The fourth-order valence-electron chi connectivity index (χ4n) is 3.19. The van der Waals surface area contributed by atoms with Crippen LogP contribution in [0.1, 0.15) is 11.1 Å². The number of hydrogen-bond donors (Lipinski definition) is 1. The van der Waals surface area contributed by atoms with Crippen molar-refractivity contribution in [1.82, 2.24) is 10.3 Å². The van der Waals surface area contributed by atoms with Crippen molar-refractivity contribution in [3.63, 3.8) is 0 Å². The van der Waals surface area contributed by atoms with E-state index in [9.17, 15) is 4.79 Å². The highest BCUT2D eigenvalue weighted by molar-refractivity contribution is 5.90. The van der Waals surface area contributed by atoms with E-state index in [1.165, 1.54) is 0 Å². The molecule has 3 nitrogen and oxygen atoms in total. The summed E-state index contributed by atoms with van der Waals surface area (Å²) < 4.78 is 0. The molecule has 0 bridgehead atoms. The van der Waals surface area contributed by atoms with E-state index in [1.807, 2.05) is 54.6 Å². The summed E-state index contributed by atoms with van der Waals surface area (Å²) in [4.78, 5) is 16.9. The molecule has 1 N–H and O–H groups in total. The van der Waals surface area contributed by atoms with E-state index in [0.717, 1.165) is 32.8 Å². The fraction of sp³-hybridized carbons (Fsp3) is 0.0909. The highest BCUT2D eigenvalue weighted by Crippen LogP contribution is 2.19. The van der Waals surface area contributed by atoms with Gasteiger partial charge in [-0.2, -0.15) is 0 Å². The fourth-order valence-corrected chi connectivity index (χ4v) is 3.19. The third-order valence-corrected chi connectivity index (χ3v) is 4.42. The standard InChI is InChI=1S/C22H18N2O/c25-21(14-18-9-3-7-16-6-1-2-12-20(16)18)24-15-19-10-4-8-17-11-5-13-23-22(17)19/h1-13H,14-15H2,(H,24,25). The molecule has 122 valence electrons. The maximum Gasteiger partial charge on any atom is 0.224 e. The third kappa shape index (κ3) is 3.22. The van der Waals surface area contributed by atoms with Crippen LogP contribution in [-0.4, -0.2) is 10.9 Å². The number of pyridine rings is 1. The predicted molar refractivity (Wildman–Crippen MR) is 101 cm³/mol. The van der Waals surface area contributed by atoms with Crippen LogP contribution >= 0.6 is 0 Å². The SMILES string of the molecule is O=C(Cc1cccc2ccccc12)NCc1cccc2cccnc12. The Morgan fingerprint density at radius 2 is 1.52 bits per heavy atom. The molecule has 0 fully saturated rings. The first-order chi connectivity index (χ1) is 12.3. The topological polar surface area (TPSA) is 42.0 Å². The molecule has 0 aliphatic rings. The first kappa shape index (κ1) is 15.3. The Hall–Kier alpha value is -3.20. The minimum absolute atomic E-state index is 0.0179. The summed E-state index contributed by atoms with van der Waals surface area (Å²) in [5, 5.41) is 6.40. The van der Waals surface area contributed by atoms with Gasteiger partial charge in [0.15, 0.2) is 0 Å². The second kappa shape index (κ2) is 6.73. The zero-order chi connectivity index (χ0) is 17.1. The summed E-state index contributed by atoms with van der Waals surface area (Å²) in [6.45, 7) is 0.484. The highest BCUT2D eigenvalue weighted by Gasteiger charge is 2.08. The van der Waals surface area contributed by atoms with Crippen molar-refractivity contribution >= 4 is 27.6 Å². The Kier molecular flexibility index (Phi) is 4.13. The number of carbonyl (C=O) groups excluding carboxylic acids is 1. The van der Waals surface area contributed by atoms with Gasteiger partial charge in [-0.15, -0.1) is 0 Å². The van der Waals surface area contributed by atoms with E-state index in [0.29, 0.717) is 13.0 Å². The number of nitrogens with zero attached hydrogens (tertiary/aromatic N) is 1. The zero-order valence-corrected chi connectivity index (χ0v) is 13.8. The molecule has 0 aliphatic carbocycles. The van der Waals surface area contributed by atoms with Crippen LogP contribution in [0, 0.1) is 0 Å². The minimum atomic E-state index is 0.0179. The molecule has 25 heavy (non-hydrogen) atoms. The Balaban J connectivity index is 1.50. The molecule has 0 atom stereocenters. The van der Waals surface area contributed by atoms with Gasteiger partial charge in [0, 0.05) is 18.1 Å². The molecule has 0 unspecified atom stereocenters. The van der Waals surface area contributed by atoms with Crippen molar-refractivity contribution in [3.8, 4) is 0 Å². The van der Waals surface area contributed by atoms with Crippen LogP contribution in [0.5, 0.6) is 0 Å². The van der Waals surface area contributed by atoms with Crippen molar-refractivity contribution in [1.29, 1.82) is 0 Å². The van der Waals surface area contributed by atoms with Crippen LogP contribution in [0.3, 0.4) is 0 Å². The van der Waals surface area contributed by atoms with Crippen LogP contribution < -0.4 is 5.32 Å². The van der Waals surface area contributed by atoms with Crippen LogP contribution in [0.15, 0.2) is 79.0 Å². The lowest BCUT2D eigenvalue weighted by atomic mass is 10.0. The lowest BCUT2D eigenvalue weighted by Crippen LogP contribution is -2.24. The van der Waals surface area contributed by atoms with Crippen LogP contribution in [0.4, 0.5) is 0 Å². The monoisotopic (exact) mass is 326 g/mol. The number of para-hydroxylation sites is 1. The molecule has 4 aromatic rings. The van der Waals surface area contributed by atoms with Crippen molar-refractivity contribution < 1.29 is 4.79 Å². The number of aromatic nitrogens is 1. The Morgan fingerprint density at radius 1 is 0.800 bits per heavy atom. The van der Waals surface area contributed by atoms with E-state index in [-0.39, 0.29) is 5.91 Å². The van der Waals surface area contributed by atoms with Gasteiger partial charge in [0.1, 0.15) is 0 Å². The molecule has 0 radical (unpaired) electrons. The van der Waals surface area contributed by atoms with Crippen LogP contribution in [0.25, 0.3) is 21.7 Å². The Bertz CT molecular complexity index is 1050. The van der Waals surface area contributed by atoms with Crippen LogP contribution in [0.2, 0.25) is 0 Å². The summed E-state index contributed by atoms with van der Waals surface area (Å²) in [6, 6.07) is 24.2. The zero-order valence-electron chi connectivity index (χ0n) is 13.8. The van der Waals surface area contributed by atoms with Gasteiger partial charge in [0.2, 0.25) is 5.91 Å². The quantitative estimate of drug-likeness (QED) is 0.609. The van der Waals surface area contributed by atoms with E-state index >= 15 is 0 Å². The third-order valence-electron chi connectivity index (χ3n) is 4.42. The van der Waals surface area contributed by atoms with Crippen molar-refractivity contribution in [3.05, 3.63) is 90.1 Å². The maximum absolute atomic E-state index is 12.4. The van der Waals surface area contributed by atoms with Gasteiger partial charge in [-0.25, -0.2) is 0 Å². The summed E-state index contributed by atoms with van der Waals surface area (Å²) in [5.74, 6) is 0.0179. The average molecular weight is 326 g/mol. The van der Waals surface area contributed by atoms with E-state index in [1.54, 1.807) is 6.20 Å². The summed E-state index contributed by atoms with van der Waals surface area (Å²) >= 11 is 0. The molecule has 3 aromatic carbocycles. The predicted octanol–water partition coefficient (Wildman–Crippen LogP) is 4.25. The summed E-state index contributed by atoms with van der Waals surface area (Å²) in [6.07, 6.45) is 2.16. The van der Waals surface area contributed by atoms with Gasteiger partial charge in [-0.1, -0.05) is 66.7 Å². The second-order valence-corrected chi connectivity index (χ2v) is 6.08. The maximum atomic E-state index is 12.4. The molecule has 0 aliphatic heterocycles. The van der Waals surface area contributed by atoms with E-state index in [4.69, 9.17) is 0 Å². The molecule has 4 rings (SSSR count). The van der Waals surface area contributed by atoms with Gasteiger partial charge in [-0.05, 0) is 28.0 Å². The normalized spacial score (nSPS) is 10.9. The van der Waals surface area contributed by atoms with Crippen molar-refractivity contribution in [2.45, 2.75) is 13.0 Å². The number of benzene rings is 3. The van der Waals surface area contributed by atoms with Gasteiger partial charge < -0.3 is 5.32 Å². The smallest absolute Gasteiger partial charge is 0.224 e. The molecule has 3 heteroatoms. The van der Waals surface area contributed by atoms with Crippen molar-refractivity contribution in [2.75, 3.05) is 0 Å². The lowest BCUT2D eigenvalue weighted by Gasteiger charge is -2.09. The van der Waals surface area contributed by atoms with Gasteiger partial charge >= 0.3 is 0 Å². The number of fused-ring (bicyclic) bond motifs is 2. The molecule has 0 spiro atoms. The van der Waals surface area contributed by atoms with Gasteiger partial charge in [0.25, 0.3) is 0 Å². The van der Waals surface area contributed by atoms with E-state index in [2.05, 4.69) is 28.5 Å². The summed E-state index contributed by atoms with van der Waals surface area (Å²) in [7, 11) is 0.